The molecule has 2 aliphatic carbocycles. The van der Waals surface area contributed by atoms with Crippen molar-refractivity contribution >= 4 is 17.5 Å². The highest BCUT2D eigenvalue weighted by atomic mass is 16.5. The first-order valence-corrected chi connectivity index (χ1v) is 9.62. The summed E-state index contributed by atoms with van der Waals surface area (Å²) in [6.07, 6.45) is 9.32. The highest BCUT2D eigenvalue weighted by Gasteiger charge is 2.52. The molecule has 138 valence electrons. The zero-order valence-electron chi connectivity index (χ0n) is 15.3. The van der Waals surface area contributed by atoms with Crippen molar-refractivity contribution in [2.24, 2.45) is 5.41 Å². The lowest BCUT2D eigenvalue weighted by Gasteiger charge is -2.44. The van der Waals surface area contributed by atoms with Crippen LogP contribution in [-0.4, -0.2) is 29.9 Å². The monoisotopic (exact) mass is 354 g/mol. The number of hydrogen-bond donors (Lipinski definition) is 1. The largest absolute Gasteiger partial charge is 0.497 e. The van der Waals surface area contributed by atoms with Crippen LogP contribution in [0.15, 0.2) is 36.0 Å². The summed E-state index contributed by atoms with van der Waals surface area (Å²) < 4.78 is 5.18. The number of hydrogen-bond acceptors (Lipinski definition) is 3. The maximum Gasteiger partial charge on any atom is 0.236 e. The molecule has 5 heteroatoms. The van der Waals surface area contributed by atoms with Crippen LogP contribution in [0.2, 0.25) is 0 Å². The molecule has 3 aliphatic rings. The van der Waals surface area contributed by atoms with E-state index in [1.807, 2.05) is 29.2 Å². The van der Waals surface area contributed by atoms with Gasteiger partial charge in [-0.2, -0.15) is 0 Å². The van der Waals surface area contributed by atoms with Gasteiger partial charge in [-0.05, 0) is 56.4 Å². The Kier molecular flexibility index (Phi) is 4.47. The van der Waals surface area contributed by atoms with E-state index >= 15 is 0 Å². The molecule has 0 spiro atoms. The highest BCUT2D eigenvalue weighted by molar-refractivity contribution is 6.00. The van der Waals surface area contributed by atoms with E-state index < -0.39 is 5.41 Å². The van der Waals surface area contributed by atoms with Crippen LogP contribution < -0.4 is 10.1 Å². The molecule has 2 fully saturated rings. The van der Waals surface area contributed by atoms with Gasteiger partial charge in [0, 0.05) is 23.8 Å². The van der Waals surface area contributed by atoms with Crippen LogP contribution >= 0.6 is 0 Å². The second-order valence-corrected chi connectivity index (χ2v) is 7.59. The fourth-order valence-electron chi connectivity index (χ4n) is 4.77. The maximum atomic E-state index is 13.3. The molecule has 1 N–H and O–H groups in total. The quantitative estimate of drug-likeness (QED) is 0.893. The number of anilines is 1. The van der Waals surface area contributed by atoms with Crippen molar-refractivity contribution in [3.05, 3.63) is 36.0 Å². The van der Waals surface area contributed by atoms with Crippen LogP contribution in [0.1, 0.15) is 51.4 Å². The lowest BCUT2D eigenvalue weighted by molar-refractivity contribution is -0.139. The van der Waals surface area contributed by atoms with Gasteiger partial charge in [0.1, 0.15) is 5.75 Å². The number of ether oxygens (including phenoxy) is 1. The van der Waals surface area contributed by atoms with Crippen LogP contribution in [0.4, 0.5) is 5.69 Å². The second kappa shape index (κ2) is 6.78. The minimum atomic E-state index is -0.559. The molecule has 1 aromatic carbocycles. The number of carbonyl (C=O) groups is 2. The fraction of sp³-hybridized carbons (Fsp3) is 0.524. The molecule has 0 unspecified atom stereocenters. The average molecular weight is 354 g/mol. The van der Waals surface area contributed by atoms with E-state index in [9.17, 15) is 9.59 Å². The van der Waals surface area contributed by atoms with Gasteiger partial charge in [0.2, 0.25) is 11.8 Å². The van der Waals surface area contributed by atoms with Crippen molar-refractivity contribution < 1.29 is 14.3 Å². The molecule has 0 aromatic heterocycles. The van der Waals surface area contributed by atoms with Gasteiger partial charge in [0.25, 0.3) is 0 Å². The van der Waals surface area contributed by atoms with Crippen LogP contribution in [-0.2, 0) is 9.59 Å². The Hall–Kier alpha value is -2.30. The Morgan fingerprint density at radius 2 is 1.92 bits per heavy atom. The molecule has 5 nitrogen and oxygen atoms in total. The summed E-state index contributed by atoms with van der Waals surface area (Å²) in [5.74, 6) is 0.970. The number of likely N-dealkylation sites (tertiary alicyclic amines) is 1. The molecule has 4 rings (SSSR count). The number of allylic oxidation sites excluding steroid dienone is 1. The molecule has 1 aliphatic heterocycles. The average Bonchev–Trinajstić information content (AvgIpc) is 3.32. The van der Waals surface area contributed by atoms with Crippen LogP contribution in [0, 0.1) is 5.41 Å². The van der Waals surface area contributed by atoms with E-state index in [4.69, 9.17) is 4.74 Å². The van der Waals surface area contributed by atoms with E-state index in [-0.39, 0.29) is 17.9 Å². The van der Waals surface area contributed by atoms with E-state index in [1.165, 1.54) is 12.8 Å². The third-order valence-corrected chi connectivity index (χ3v) is 6.17. The Morgan fingerprint density at radius 1 is 1.19 bits per heavy atom. The van der Waals surface area contributed by atoms with E-state index in [0.717, 1.165) is 42.8 Å². The van der Waals surface area contributed by atoms with E-state index in [1.54, 1.807) is 7.11 Å². The normalized spacial score (nSPS) is 25.8. The van der Waals surface area contributed by atoms with Gasteiger partial charge >= 0.3 is 0 Å². The number of rotatable bonds is 4. The van der Waals surface area contributed by atoms with Gasteiger partial charge in [-0.15, -0.1) is 0 Å². The van der Waals surface area contributed by atoms with Crippen molar-refractivity contribution in [1.29, 1.82) is 0 Å². The lowest BCUT2D eigenvalue weighted by Crippen LogP contribution is -2.51. The van der Waals surface area contributed by atoms with Crippen molar-refractivity contribution in [2.75, 3.05) is 12.4 Å². The molecule has 2 amide bonds. The number of fused-ring (bicyclic) bond motifs is 1. The number of carbonyl (C=O) groups excluding carboxylic acids is 2. The van der Waals surface area contributed by atoms with Gasteiger partial charge in [-0.3, -0.25) is 9.59 Å². The zero-order valence-corrected chi connectivity index (χ0v) is 15.3. The van der Waals surface area contributed by atoms with Crippen molar-refractivity contribution in [3.63, 3.8) is 0 Å². The molecular weight excluding hydrogens is 328 g/mol. The molecule has 26 heavy (non-hydrogen) atoms. The molecule has 1 heterocycles. The van der Waals surface area contributed by atoms with Crippen molar-refractivity contribution in [3.8, 4) is 5.75 Å². The first-order valence-electron chi connectivity index (χ1n) is 9.62. The van der Waals surface area contributed by atoms with Crippen LogP contribution in [0.3, 0.4) is 0 Å². The third-order valence-electron chi connectivity index (χ3n) is 6.17. The molecular formula is C21H26N2O3. The van der Waals surface area contributed by atoms with Crippen molar-refractivity contribution in [2.45, 2.75) is 57.4 Å². The first kappa shape index (κ1) is 17.1. The Balaban J connectivity index is 1.58. The lowest BCUT2D eigenvalue weighted by atomic mass is 9.75. The molecule has 1 saturated heterocycles. The summed E-state index contributed by atoms with van der Waals surface area (Å²) >= 11 is 0. The second-order valence-electron chi connectivity index (χ2n) is 7.59. The van der Waals surface area contributed by atoms with Gasteiger partial charge < -0.3 is 15.0 Å². The maximum absolute atomic E-state index is 13.3. The number of nitrogens with one attached hydrogen (secondary N) is 1. The fourth-order valence-corrected chi connectivity index (χ4v) is 4.77. The number of nitrogens with zero attached hydrogens (tertiary/aromatic N) is 1. The molecule has 1 aromatic rings. The highest BCUT2D eigenvalue weighted by Crippen LogP contribution is 2.50. The van der Waals surface area contributed by atoms with Crippen LogP contribution in [0.25, 0.3) is 0 Å². The summed E-state index contributed by atoms with van der Waals surface area (Å²) in [5.41, 5.74) is 1.17. The van der Waals surface area contributed by atoms with Crippen LogP contribution in [0.5, 0.6) is 5.75 Å². The predicted octanol–water partition coefficient (Wildman–Crippen LogP) is 3.86. The van der Waals surface area contributed by atoms with Gasteiger partial charge in [0.05, 0.1) is 12.5 Å². The third kappa shape index (κ3) is 2.79. The SMILES string of the molecule is COc1ccc(NC(=O)[C@@]23CCC=C2N(C2CCCC2)C(=O)CC3)cc1. The Labute approximate surface area is 154 Å². The summed E-state index contributed by atoms with van der Waals surface area (Å²) in [4.78, 5) is 27.9. The molecule has 0 bridgehead atoms. The zero-order chi connectivity index (χ0) is 18.1. The van der Waals surface area contributed by atoms with E-state index in [0.29, 0.717) is 12.8 Å². The summed E-state index contributed by atoms with van der Waals surface area (Å²) in [6.45, 7) is 0. The minimum Gasteiger partial charge on any atom is -0.497 e. The predicted molar refractivity (Wildman–Crippen MR) is 99.7 cm³/mol. The van der Waals surface area contributed by atoms with E-state index in [2.05, 4.69) is 11.4 Å². The number of piperidine rings is 1. The first-order chi connectivity index (χ1) is 12.6. The minimum absolute atomic E-state index is 0.0157. The smallest absolute Gasteiger partial charge is 0.236 e. The van der Waals surface area contributed by atoms with Gasteiger partial charge in [-0.1, -0.05) is 18.9 Å². The van der Waals surface area contributed by atoms with Gasteiger partial charge in [0.15, 0.2) is 0 Å². The molecule has 1 atom stereocenters. The summed E-state index contributed by atoms with van der Waals surface area (Å²) in [5, 5.41) is 3.08. The Morgan fingerprint density at radius 3 is 2.62 bits per heavy atom. The number of benzene rings is 1. The number of methoxy groups -OCH3 is 1. The molecule has 1 saturated carbocycles. The van der Waals surface area contributed by atoms with Gasteiger partial charge in [-0.25, -0.2) is 0 Å². The Bertz CT molecular complexity index is 734. The number of amides is 2. The summed E-state index contributed by atoms with van der Waals surface area (Å²) in [7, 11) is 1.62. The topological polar surface area (TPSA) is 58.6 Å². The standard InChI is InChI=1S/C21H26N2O3/c1-26-17-10-8-15(9-11-17)22-20(25)21-13-4-7-18(21)23(19(24)12-14-21)16-5-2-3-6-16/h7-11,16H,2-6,12-14H2,1H3,(H,22,25)/t21-/m1/s1. The summed E-state index contributed by atoms with van der Waals surface area (Å²) in [6, 6.07) is 7.67. The molecule has 0 radical (unpaired) electrons. The van der Waals surface area contributed by atoms with Crippen molar-refractivity contribution in [1.82, 2.24) is 4.90 Å².